The lowest BCUT2D eigenvalue weighted by Gasteiger charge is -2.00. The Bertz CT molecular complexity index is 334. The van der Waals surface area contributed by atoms with E-state index in [0.29, 0.717) is 5.57 Å². The summed E-state index contributed by atoms with van der Waals surface area (Å²) in [4.78, 5) is -0.630. The standard InChI is InChI=1S/C7H10O4S/c1-5(2)4-7(6(3)8)12(9,10)11/h4,8H,1,3H2,2H3,(H,9,10,11)/b7-4+. The Hall–Kier alpha value is -1.07. The van der Waals surface area contributed by atoms with E-state index in [2.05, 4.69) is 13.2 Å². The predicted molar refractivity (Wildman–Crippen MR) is 46.2 cm³/mol. The molecule has 2 N–H and O–H groups in total. The van der Waals surface area contributed by atoms with Crippen LogP contribution in [0, 0.1) is 0 Å². The number of hydrogen-bond acceptors (Lipinski definition) is 3. The van der Waals surface area contributed by atoms with Gasteiger partial charge in [0.05, 0.1) is 0 Å². The van der Waals surface area contributed by atoms with Crippen molar-refractivity contribution in [3.05, 3.63) is 35.5 Å². The van der Waals surface area contributed by atoms with E-state index < -0.39 is 20.8 Å². The lowest BCUT2D eigenvalue weighted by Crippen LogP contribution is -2.03. The minimum Gasteiger partial charge on any atom is -0.507 e. The van der Waals surface area contributed by atoms with Crippen LogP contribution < -0.4 is 0 Å². The van der Waals surface area contributed by atoms with Gasteiger partial charge in [0.1, 0.15) is 10.7 Å². The molecule has 0 amide bonds. The van der Waals surface area contributed by atoms with Gasteiger partial charge in [-0.05, 0) is 13.0 Å². The average Bonchev–Trinajstić information content (AvgIpc) is 1.79. The van der Waals surface area contributed by atoms with Crippen LogP contribution in [-0.4, -0.2) is 18.1 Å². The molecule has 0 aromatic rings. The summed E-state index contributed by atoms with van der Waals surface area (Å²) < 4.78 is 29.6. The molecule has 0 fully saturated rings. The molecule has 0 heterocycles. The maximum Gasteiger partial charge on any atom is 0.298 e. The molecule has 0 saturated carbocycles. The summed E-state index contributed by atoms with van der Waals surface area (Å²) in [6, 6.07) is 0. The maximum atomic E-state index is 10.5. The van der Waals surface area contributed by atoms with Crippen molar-refractivity contribution in [3.8, 4) is 0 Å². The van der Waals surface area contributed by atoms with Gasteiger partial charge in [-0.1, -0.05) is 18.7 Å². The van der Waals surface area contributed by atoms with Crippen LogP contribution in [0.5, 0.6) is 0 Å². The van der Waals surface area contributed by atoms with E-state index in [-0.39, 0.29) is 0 Å². The Morgan fingerprint density at radius 1 is 1.42 bits per heavy atom. The molecular weight excluding hydrogens is 180 g/mol. The molecule has 0 saturated heterocycles. The van der Waals surface area contributed by atoms with Gasteiger partial charge >= 0.3 is 0 Å². The third-order valence-electron chi connectivity index (χ3n) is 0.940. The molecule has 12 heavy (non-hydrogen) atoms. The molecule has 0 rings (SSSR count). The normalized spacial score (nSPS) is 12.7. The number of hydrogen-bond donors (Lipinski definition) is 2. The summed E-state index contributed by atoms with van der Waals surface area (Å²) in [5.41, 5.74) is 0.387. The molecule has 0 aliphatic carbocycles. The largest absolute Gasteiger partial charge is 0.507 e. The van der Waals surface area contributed by atoms with Crippen LogP contribution in [-0.2, 0) is 10.1 Å². The molecule has 0 aliphatic rings. The predicted octanol–water partition coefficient (Wildman–Crippen LogP) is 1.41. The Balaban J connectivity index is 5.23. The molecular formula is C7H10O4S. The molecule has 68 valence electrons. The van der Waals surface area contributed by atoms with Crippen LogP contribution in [0.1, 0.15) is 6.92 Å². The highest BCUT2D eigenvalue weighted by Crippen LogP contribution is 2.13. The van der Waals surface area contributed by atoms with Gasteiger partial charge in [0.15, 0.2) is 0 Å². The van der Waals surface area contributed by atoms with Gasteiger partial charge in [0, 0.05) is 0 Å². The monoisotopic (exact) mass is 190 g/mol. The maximum absolute atomic E-state index is 10.5. The molecule has 5 heteroatoms. The first-order valence-corrected chi connectivity index (χ1v) is 4.42. The van der Waals surface area contributed by atoms with E-state index >= 15 is 0 Å². The Morgan fingerprint density at radius 3 is 1.92 bits per heavy atom. The van der Waals surface area contributed by atoms with Crippen LogP contribution in [0.25, 0.3) is 0 Å². The number of rotatable bonds is 3. The van der Waals surface area contributed by atoms with Gasteiger partial charge in [0.25, 0.3) is 10.1 Å². The number of aliphatic hydroxyl groups is 1. The molecule has 0 spiro atoms. The van der Waals surface area contributed by atoms with Crippen molar-refractivity contribution >= 4 is 10.1 Å². The van der Waals surface area contributed by atoms with Crippen molar-refractivity contribution < 1.29 is 18.1 Å². The fourth-order valence-electron chi connectivity index (χ4n) is 0.530. The first kappa shape index (κ1) is 10.9. The van der Waals surface area contributed by atoms with Crippen LogP contribution in [0.4, 0.5) is 0 Å². The molecule has 0 bridgehead atoms. The number of allylic oxidation sites excluding steroid dienone is 2. The van der Waals surface area contributed by atoms with E-state index in [1.165, 1.54) is 6.92 Å². The second-order valence-electron chi connectivity index (χ2n) is 2.28. The second-order valence-corrected chi connectivity index (χ2v) is 3.67. The topological polar surface area (TPSA) is 74.6 Å². The molecule has 0 aliphatic heterocycles. The Morgan fingerprint density at radius 2 is 1.83 bits per heavy atom. The summed E-state index contributed by atoms with van der Waals surface area (Å²) in [6.07, 6.45) is 1.03. The third kappa shape index (κ3) is 3.36. The number of aliphatic hydroxyl groups excluding tert-OH is 1. The molecule has 0 unspecified atom stereocenters. The van der Waals surface area contributed by atoms with Gasteiger partial charge in [-0.2, -0.15) is 8.42 Å². The van der Waals surface area contributed by atoms with Gasteiger partial charge < -0.3 is 5.11 Å². The summed E-state index contributed by atoms with van der Waals surface area (Å²) in [7, 11) is -4.41. The van der Waals surface area contributed by atoms with Crippen molar-refractivity contribution in [2.75, 3.05) is 0 Å². The van der Waals surface area contributed by atoms with Gasteiger partial charge in [-0.3, -0.25) is 4.55 Å². The highest BCUT2D eigenvalue weighted by atomic mass is 32.2. The lowest BCUT2D eigenvalue weighted by molar-refractivity contribution is 0.424. The molecule has 0 atom stereocenters. The third-order valence-corrected chi connectivity index (χ3v) is 1.85. The summed E-state index contributed by atoms with van der Waals surface area (Å²) in [5.74, 6) is -0.708. The molecule has 0 aromatic heterocycles. The smallest absolute Gasteiger partial charge is 0.298 e. The molecule has 4 nitrogen and oxygen atoms in total. The minimum atomic E-state index is -4.41. The van der Waals surface area contributed by atoms with Crippen LogP contribution in [0.2, 0.25) is 0 Å². The summed E-state index contributed by atoms with van der Waals surface area (Å²) in [5, 5.41) is 8.75. The molecule has 0 aromatic carbocycles. The van der Waals surface area contributed by atoms with Gasteiger partial charge in [-0.15, -0.1) is 0 Å². The SMILES string of the molecule is C=C(C)/C=C(\C(=C)O)S(=O)(=O)O. The van der Waals surface area contributed by atoms with Crippen molar-refractivity contribution in [2.45, 2.75) is 6.92 Å². The quantitative estimate of drug-likeness (QED) is 0.401. The highest BCUT2D eigenvalue weighted by Gasteiger charge is 2.16. The van der Waals surface area contributed by atoms with Crippen LogP contribution >= 0.6 is 0 Å². The van der Waals surface area contributed by atoms with E-state index in [1.54, 1.807) is 0 Å². The highest BCUT2D eigenvalue weighted by molar-refractivity contribution is 7.90. The molecule has 0 radical (unpaired) electrons. The fraction of sp³-hybridized carbons (Fsp3) is 0.143. The van der Waals surface area contributed by atoms with E-state index in [9.17, 15) is 8.42 Å². The van der Waals surface area contributed by atoms with Crippen LogP contribution in [0.3, 0.4) is 0 Å². The Labute approximate surface area is 71.3 Å². The fourth-order valence-corrected chi connectivity index (χ4v) is 1.18. The zero-order chi connectivity index (χ0) is 9.94. The van der Waals surface area contributed by atoms with Gasteiger partial charge in [0.2, 0.25) is 0 Å². The minimum absolute atomic E-state index is 0.387. The summed E-state index contributed by atoms with van der Waals surface area (Å²) in [6.45, 7) is 7.89. The van der Waals surface area contributed by atoms with E-state index in [0.717, 1.165) is 6.08 Å². The zero-order valence-corrected chi connectivity index (χ0v) is 7.43. The second kappa shape index (κ2) is 3.55. The zero-order valence-electron chi connectivity index (χ0n) is 6.61. The van der Waals surface area contributed by atoms with Crippen molar-refractivity contribution in [3.63, 3.8) is 0 Å². The Kier molecular flexibility index (Phi) is 3.24. The average molecular weight is 190 g/mol. The van der Waals surface area contributed by atoms with Crippen LogP contribution in [0.15, 0.2) is 35.5 Å². The van der Waals surface area contributed by atoms with Crippen molar-refractivity contribution in [1.82, 2.24) is 0 Å². The van der Waals surface area contributed by atoms with E-state index in [4.69, 9.17) is 9.66 Å². The van der Waals surface area contributed by atoms with Crippen molar-refractivity contribution in [1.29, 1.82) is 0 Å². The first-order chi connectivity index (χ1) is 5.25. The van der Waals surface area contributed by atoms with Crippen molar-refractivity contribution in [2.24, 2.45) is 0 Å². The van der Waals surface area contributed by atoms with E-state index in [1.807, 2.05) is 0 Å². The first-order valence-electron chi connectivity index (χ1n) is 2.98. The lowest BCUT2D eigenvalue weighted by atomic mass is 10.3. The summed E-state index contributed by atoms with van der Waals surface area (Å²) >= 11 is 0. The van der Waals surface area contributed by atoms with Gasteiger partial charge in [-0.25, -0.2) is 0 Å².